The van der Waals surface area contributed by atoms with E-state index < -0.39 is 35.9 Å². The monoisotopic (exact) mass is 560 g/mol. The highest BCUT2D eigenvalue weighted by Crippen LogP contribution is 2.36. The van der Waals surface area contributed by atoms with Gasteiger partial charge in [-0.1, -0.05) is 23.2 Å². The van der Waals surface area contributed by atoms with E-state index in [1.54, 1.807) is 12.1 Å². The number of carboxylic acid groups (broad SMARTS) is 1. The Bertz CT molecular complexity index is 1400. The highest BCUT2D eigenvalue weighted by Gasteiger charge is 2.36. The average Bonchev–Trinajstić information content (AvgIpc) is 2.87. The van der Waals surface area contributed by atoms with Crippen LogP contribution in [0.5, 0.6) is 0 Å². The third kappa shape index (κ3) is 5.87. The molecule has 1 aliphatic heterocycles. The van der Waals surface area contributed by atoms with Crippen molar-refractivity contribution >= 4 is 64.3 Å². The number of aromatic nitrogens is 3. The third-order valence-electron chi connectivity index (χ3n) is 5.29. The Morgan fingerprint density at radius 3 is 2.37 bits per heavy atom. The lowest BCUT2D eigenvalue weighted by Crippen LogP contribution is -2.55. The van der Waals surface area contributed by atoms with Crippen molar-refractivity contribution in [1.82, 2.24) is 19.9 Å². The predicted molar refractivity (Wildman–Crippen MR) is 137 cm³/mol. The Balaban J connectivity index is 1.56. The van der Waals surface area contributed by atoms with Gasteiger partial charge in [0.2, 0.25) is 5.95 Å². The van der Waals surface area contributed by atoms with Crippen molar-refractivity contribution in [3.8, 4) is 11.3 Å². The molecule has 196 valence electrons. The summed E-state index contributed by atoms with van der Waals surface area (Å²) in [6, 6.07) is 7.41. The number of hydrogen-bond donors (Lipinski definition) is 3. The molecule has 0 bridgehead atoms. The molecule has 0 atom stereocenters. The molecule has 3 heterocycles. The summed E-state index contributed by atoms with van der Waals surface area (Å²) in [5.74, 6) is -0.949. The van der Waals surface area contributed by atoms with Crippen molar-refractivity contribution in [3.63, 3.8) is 0 Å². The Kier molecular flexibility index (Phi) is 7.83. The number of imide groups is 1. The molecule has 0 saturated carbocycles. The molecule has 14 nitrogen and oxygen atoms in total. The van der Waals surface area contributed by atoms with Gasteiger partial charge in [0.05, 0.1) is 21.8 Å². The Hall–Kier alpha value is -4.56. The number of nitrogens with one attached hydrogen (secondary N) is 2. The predicted octanol–water partition coefficient (Wildman–Crippen LogP) is 3.13. The number of nitrogens with zero attached hydrogens (tertiary/aromatic N) is 6. The Labute approximate surface area is 224 Å². The fraction of sp³-hybridized carbons (Fsp3) is 0.182. The molecule has 3 N–H and O–H groups in total. The van der Waals surface area contributed by atoms with Gasteiger partial charge in [0, 0.05) is 29.7 Å². The van der Waals surface area contributed by atoms with Gasteiger partial charge in [0.25, 0.3) is 17.5 Å². The Morgan fingerprint density at radius 2 is 1.76 bits per heavy atom. The highest BCUT2D eigenvalue weighted by atomic mass is 35.5. The highest BCUT2D eigenvalue weighted by molar-refractivity contribution is 6.36. The zero-order chi connectivity index (χ0) is 27.4. The smallest absolute Gasteiger partial charge is 0.408 e. The van der Waals surface area contributed by atoms with E-state index in [0.717, 1.165) is 11.1 Å². The van der Waals surface area contributed by atoms with Crippen LogP contribution in [0.1, 0.15) is 0 Å². The summed E-state index contributed by atoms with van der Waals surface area (Å²) in [7, 11) is 0. The van der Waals surface area contributed by atoms with Crippen molar-refractivity contribution in [2.24, 2.45) is 0 Å². The number of benzene rings is 1. The molecular formula is C22H18Cl2N8O6. The maximum absolute atomic E-state index is 12.8. The van der Waals surface area contributed by atoms with Crippen LogP contribution in [-0.2, 0) is 9.59 Å². The SMILES string of the molecule is O=C(O)N1CC(=O)N(c2cnc(NCCNc3ccc([N+](=O)[O-])cn3)nc2-c2ccc(Cl)cc2Cl)C(=O)C1. The van der Waals surface area contributed by atoms with Gasteiger partial charge < -0.3 is 15.7 Å². The number of halogens is 2. The first-order chi connectivity index (χ1) is 18.1. The number of rotatable bonds is 8. The molecule has 1 saturated heterocycles. The van der Waals surface area contributed by atoms with Crippen molar-refractivity contribution in [3.05, 3.63) is 62.9 Å². The molecule has 0 spiro atoms. The van der Waals surface area contributed by atoms with Gasteiger partial charge in [-0.05, 0) is 24.3 Å². The van der Waals surface area contributed by atoms with E-state index in [0.29, 0.717) is 34.4 Å². The van der Waals surface area contributed by atoms with Crippen molar-refractivity contribution in [2.45, 2.75) is 0 Å². The van der Waals surface area contributed by atoms with Gasteiger partial charge in [-0.2, -0.15) is 0 Å². The summed E-state index contributed by atoms with van der Waals surface area (Å²) in [5, 5.41) is 26.5. The number of anilines is 3. The van der Waals surface area contributed by atoms with E-state index in [1.807, 2.05) is 0 Å². The number of carbonyl (C=O) groups excluding carboxylic acids is 2. The number of amides is 3. The number of nitro groups is 1. The van der Waals surface area contributed by atoms with Gasteiger partial charge in [-0.15, -0.1) is 0 Å². The van der Waals surface area contributed by atoms with E-state index in [4.69, 9.17) is 23.2 Å². The summed E-state index contributed by atoms with van der Waals surface area (Å²) in [6.07, 6.45) is 1.02. The quantitative estimate of drug-likeness (QED) is 0.159. The second-order valence-corrected chi connectivity index (χ2v) is 8.67. The first-order valence-electron chi connectivity index (χ1n) is 10.9. The molecule has 3 aromatic rings. The summed E-state index contributed by atoms with van der Waals surface area (Å²) in [4.78, 5) is 61.1. The fourth-order valence-electron chi connectivity index (χ4n) is 3.53. The van der Waals surface area contributed by atoms with Crippen molar-refractivity contribution < 1.29 is 24.4 Å². The van der Waals surface area contributed by atoms with E-state index >= 15 is 0 Å². The maximum atomic E-state index is 12.8. The lowest BCUT2D eigenvalue weighted by atomic mass is 10.1. The van der Waals surface area contributed by atoms with E-state index in [1.165, 1.54) is 24.4 Å². The molecule has 0 radical (unpaired) electrons. The first-order valence-corrected chi connectivity index (χ1v) is 11.6. The maximum Gasteiger partial charge on any atom is 0.408 e. The summed E-state index contributed by atoms with van der Waals surface area (Å²) in [6.45, 7) is -0.379. The molecule has 1 aromatic carbocycles. The van der Waals surface area contributed by atoms with Gasteiger partial charge in [0.1, 0.15) is 30.8 Å². The molecule has 1 aliphatic rings. The molecule has 2 aromatic heterocycles. The normalized spacial score (nSPS) is 13.4. The summed E-state index contributed by atoms with van der Waals surface area (Å²) >= 11 is 12.4. The molecular weight excluding hydrogens is 543 g/mol. The van der Waals surface area contributed by atoms with E-state index in [2.05, 4.69) is 25.6 Å². The van der Waals surface area contributed by atoms with E-state index in [-0.39, 0.29) is 28.0 Å². The minimum atomic E-state index is -1.39. The van der Waals surface area contributed by atoms with Crippen molar-refractivity contribution in [1.29, 1.82) is 0 Å². The minimum absolute atomic E-state index is 0.0352. The minimum Gasteiger partial charge on any atom is -0.465 e. The van der Waals surface area contributed by atoms with E-state index in [9.17, 15) is 29.6 Å². The van der Waals surface area contributed by atoms with Gasteiger partial charge in [-0.25, -0.2) is 24.6 Å². The van der Waals surface area contributed by atoms with Crippen LogP contribution < -0.4 is 15.5 Å². The number of hydrogen-bond acceptors (Lipinski definition) is 10. The van der Waals surface area contributed by atoms with Crippen LogP contribution >= 0.6 is 23.2 Å². The third-order valence-corrected chi connectivity index (χ3v) is 5.84. The van der Waals surface area contributed by atoms with Crippen LogP contribution in [0, 0.1) is 10.1 Å². The van der Waals surface area contributed by atoms with Crippen LogP contribution in [0.2, 0.25) is 10.0 Å². The molecule has 4 rings (SSSR count). The lowest BCUT2D eigenvalue weighted by Gasteiger charge is -2.31. The Morgan fingerprint density at radius 1 is 1.05 bits per heavy atom. The lowest BCUT2D eigenvalue weighted by molar-refractivity contribution is -0.385. The summed E-state index contributed by atoms with van der Waals surface area (Å²) < 4.78 is 0. The fourth-order valence-corrected chi connectivity index (χ4v) is 4.03. The average molecular weight is 561 g/mol. The van der Waals surface area contributed by atoms with Crippen LogP contribution in [0.25, 0.3) is 11.3 Å². The zero-order valence-corrected chi connectivity index (χ0v) is 20.8. The van der Waals surface area contributed by atoms with Crippen LogP contribution in [0.15, 0.2) is 42.7 Å². The molecule has 1 fully saturated rings. The molecule has 0 unspecified atom stereocenters. The number of carbonyl (C=O) groups is 3. The molecule has 0 aliphatic carbocycles. The second kappa shape index (κ2) is 11.2. The standard InChI is InChI=1S/C22H18Cl2N8O6/c23-12-1-3-14(15(24)7-12)20-16(31-18(33)10-30(22(35)36)11-19(31)34)9-28-21(29-20)26-6-5-25-17-4-2-13(8-27-17)32(37)38/h1-4,7-9H,5-6,10-11H2,(H,25,27)(H,35,36)(H,26,28,29). The first kappa shape index (κ1) is 26.5. The number of piperazine rings is 1. The van der Waals surface area contributed by atoms with Gasteiger partial charge in [-0.3, -0.25) is 24.6 Å². The molecule has 16 heteroatoms. The second-order valence-electron chi connectivity index (χ2n) is 7.83. The molecule has 38 heavy (non-hydrogen) atoms. The summed E-state index contributed by atoms with van der Waals surface area (Å²) in [5.41, 5.74) is 0.426. The van der Waals surface area contributed by atoms with Crippen LogP contribution in [0.3, 0.4) is 0 Å². The molecule has 3 amide bonds. The van der Waals surface area contributed by atoms with Gasteiger partial charge in [0.15, 0.2) is 0 Å². The number of pyridine rings is 1. The van der Waals surface area contributed by atoms with Crippen LogP contribution in [0.4, 0.5) is 27.9 Å². The zero-order valence-electron chi connectivity index (χ0n) is 19.3. The largest absolute Gasteiger partial charge is 0.465 e. The topological polar surface area (TPSA) is 184 Å². The van der Waals surface area contributed by atoms with Gasteiger partial charge >= 0.3 is 6.09 Å². The van der Waals surface area contributed by atoms with Crippen molar-refractivity contribution in [2.75, 3.05) is 41.7 Å². The van der Waals surface area contributed by atoms with Crippen LogP contribution in [-0.4, -0.2) is 74.0 Å².